The first-order chi connectivity index (χ1) is 9.97. The lowest BCUT2D eigenvalue weighted by Gasteiger charge is -2.33. The van der Waals surface area contributed by atoms with E-state index in [-0.39, 0.29) is 36.9 Å². The summed E-state index contributed by atoms with van der Waals surface area (Å²) in [4.78, 5) is 39.6. The molecule has 7 heteroatoms. The Morgan fingerprint density at radius 1 is 1.38 bits per heavy atom. The van der Waals surface area contributed by atoms with E-state index in [0.29, 0.717) is 18.0 Å². The van der Waals surface area contributed by atoms with E-state index in [0.717, 1.165) is 0 Å². The van der Waals surface area contributed by atoms with Crippen LogP contribution < -0.4 is 5.32 Å². The minimum absolute atomic E-state index is 0.0334. The van der Waals surface area contributed by atoms with E-state index in [2.05, 4.69) is 5.32 Å². The molecule has 0 saturated carbocycles. The quantitative estimate of drug-likeness (QED) is 0.883. The molecule has 2 rings (SSSR count). The molecule has 0 spiro atoms. The van der Waals surface area contributed by atoms with Gasteiger partial charge in [0.2, 0.25) is 11.8 Å². The van der Waals surface area contributed by atoms with Crippen LogP contribution in [0.3, 0.4) is 0 Å². The summed E-state index contributed by atoms with van der Waals surface area (Å²) in [5.74, 6) is -0.480. The predicted octanol–water partition coefficient (Wildman–Crippen LogP) is 0.557. The van der Waals surface area contributed by atoms with Crippen LogP contribution in [0.2, 0.25) is 0 Å². The van der Waals surface area contributed by atoms with Crippen molar-refractivity contribution in [2.75, 3.05) is 26.2 Å². The van der Waals surface area contributed by atoms with E-state index < -0.39 is 0 Å². The van der Waals surface area contributed by atoms with E-state index in [1.807, 2.05) is 25.3 Å². The molecule has 114 valence electrons. The highest BCUT2D eigenvalue weighted by atomic mass is 32.1. The van der Waals surface area contributed by atoms with E-state index >= 15 is 0 Å². The first kappa shape index (κ1) is 15.5. The molecule has 1 aliphatic heterocycles. The fraction of sp³-hybridized carbons (Fsp3) is 0.500. The number of rotatable bonds is 4. The van der Waals surface area contributed by atoms with Crippen LogP contribution in [0.15, 0.2) is 17.5 Å². The van der Waals surface area contributed by atoms with E-state index in [1.165, 1.54) is 21.1 Å². The molecule has 0 unspecified atom stereocenters. The number of carbonyl (C=O) groups excluding carboxylic acids is 3. The Balaban J connectivity index is 1.89. The lowest BCUT2D eigenvalue weighted by atomic mass is 10.2. The Morgan fingerprint density at radius 2 is 2.14 bits per heavy atom. The standard InChI is InChI=1S/C14H19N3O3S/c1-10(2)15-12(18)8-16-5-6-17(9-13(16)19)14(20)11-4-3-7-21-11/h3-4,7,10H,5-6,8-9H2,1-2H3,(H,15,18). The van der Waals surface area contributed by atoms with Crippen molar-refractivity contribution in [3.63, 3.8) is 0 Å². The molecule has 1 aromatic heterocycles. The van der Waals surface area contributed by atoms with Gasteiger partial charge in [-0.25, -0.2) is 0 Å². The highest BCUT2D eigenvalue weighted by molar-refractivity contribution is 7.12. The first-order valence-corrected chi connectivity index (χ1v) is 7.75. The third-order valence-corrected chi connectivity index (χ3v) is 3.98. The Labute approximate surface area is 127 Å². The second-order valence-electron chi connectivity index (χ2n) is 5.24. The maximum absolute atomic E-state index is 12.2. The lowest BCUT2D eigenvalue weighted by molar-refractivity contribution is -0.139. The fourth-order valence-corrected chi connectivity index (χ4v) is 2.84. The minimum Gasteiger partial charge on any atom is -0.352 e. The van der Waals surface area contributed by atoms with Gasteiger partial charge in [0.05, 0.1) is 11.4 Å². The van der Waals surface area contributed by atoms with Crippen molar-refractivity contribution in [3.05, 3.63) is 22.4 Å². The molecule has 1 N–H and O–H groups in total. The van der Waals surface area contributed by atoms with Crippen LogP contribution in [0.4, 0.5) is 0 Å². The molecule has 0 aromatic carbocycles. The van der Waals surface area contributed by atoms with Crippen molar-refractivity contribution < 1.29 is 14.4 Å². The van der Waals surface area contributed by atoms with E-state index in [4.69, 9.17) is 0 Å². The molecule has 6 nitrogen and oxygen atoms in total. The second-order valence-corrected chi connectivity index (χ2v) is 6.19. The largest absolute Gasteiger partial charge is 0.352 e. The van der Waals surface area contributed by atoms with Gasteiger partial charge in [-0.3, -0.25) is 14.4 Å². The number of hydrogen-bond donors (Lipinski definition) is 1. The van der Waals surface area contributed by atoms with Crippen molar-refractivity contribution in [1.29, 1.82) is 0 Å². The van der Waals surface area contributed by atoms with Crippen LogP contribution in [0.1, 0.15) is 23.5 Å². The number of nitrogens with zero attached hydrogens (tertiary/aromatic N) is 2. The molecule has 0 aliphatic carbocycles. The molecule has 2 heterocycles. The number of amides is 3. The Hall–Kier alpha value is -1.89. The minimum atomic E-state index is -0.190. The van der Waals surface area contributed by atoms with Gasteiger partial charge < -0.3 is 15.1 Å². The van der Waals surface area contributed by atoms with Crippen LogP contribution >= 0.6 is 11.3 Å². The molecule has 3 amide bonds. The SMILES string of the molecule is CC(C)NC(=O)CN1CCN(C(=O)c2cccs2)CC1=O. The smallest absolute Gasteiger partial charge is 0.264 e. The van der Waals surface area contributed by atoms with Crippen molar-refractivity contribution in [3.8, 4) is 0 Å². The Kier molecular flexibility index (Phi) is 4.95. The third kappa shape index (κ3) is 4.04. The maximum atomic E-state index is 12.2. The number of carbonyl (C=O) groups is 3. The summed E-state index contributed by atoms with van der Waals surface area (Å²) in [5, 5.41) is 4.59. The van der Waals surface area contributed by atoms with Gasteiger partial charge >= 0.3 is 0 Å². The number of hydrogen-bond acceptors (Lipinski definition) is 4. The highest BCUT2D eigenvalue weighted by Gasteiger charge is 2.29. The van der Waals surface area contributed by atoms with Gasteiger partial charge in [0.25, 0.3) is 5.91 Å². The van der Waals surface area contributed by atoms with Gasteiger partial charge in [-0.1, -0.05) is 6.07 Å². The van der Waals surface area contributed by atoms with Crippen molar-refractivity contribution in [1.82, 2.24) is 15.1 Å². The molecular formula is C14H19N3O3S. The molecule has 21 heavy (non-hydrogen) atoms. The van der Waals surface area contributed by atoms with Gasteiger partial charge in [0, 0.05) is 19.1 Å². The molecule has 1 aliphatic rings. The van der Waals surface area contributed by atoms with Crippen molar-refractivity contribution in [2.45, 2.75) is 19.9 Å². The van der Waals surface area contributed by atoms with Crippen molar-refractivity contribution >= 4 is 29.1 Å². The first-order valence-electron chi connectivity index (χ1n) is 6.87. The van der Waals surface area contributed by atoms with Gasteiger partial charge in [0.15, 0.2) is 0 Å². The summed E-state index contributed by atoms with van der Waals surface area (Å²) >= 11 is 1.36. The Morgan fingerprint density at radius 3 is 2.71 bits per heavy atom. The van der Waals surface area contributed by atoms with Crippen molar-refractivity contribution in [2.24, 2.45) is 0 Å². The lowest BCUT2D eigenvalue weighted by Crippen LogP contribution is -2.54. The topological polar surface area (TPSA) is 69.7 Å². The molecule has 1 fully saturated rings. The Bertz CT molecular complexity index is 528. The second kappa shape index (κ2) is 6.71. The molecule has 0 bridgehead atoms. The summed E-state index contributed by atoms with van der Waals surface area (Å²) in [6.07, 6.45) is 0. The zero-order chi connectivity index (χ0) is 15.4. The van der Waals surface area contributed by atoms with Gasteiger partial charge in [-0.15, -0.1) is 11.3 Å². The average Bonchev–Trinajstić information content (AvgIpc) is 2.93. The average molecular weight is 309 g/mol. The summed E-state index contributed by atoms with van der Waals surface area (Å²) in [7, 11) is 0. The zero-order valence-electron chi connectivity index (χ0n) is 12.2. The molecular weight excluding hydrogens is 290 g/mol. The summed E-state index contributed by atoms with van der Waals surface area (Å²) in [6.45, 7) is 4.68. The van der Waals surface area contributed by atoms with E-state index in [9.17, 15) is 14.4 Å². The van der Waals surface area contributed by atoms with Gasteiger partial charge in [-0.2, -0.15) is 0 Å². The summed E-state index contributed by atoms with van der Waals surface area (Å²) in [6, 6.07) is 3.61. The van der Waals surface area contributed by atoms with Crippen LogP contribution in [0.25, 0.3) is 0 Å². The van der Waals surface area contributed by atoms with Crippen LogP contribution in [-0.2, 0) is 9.59 Å². The van der Waals surface area contributed by atoms with Crippen LogP contribution in [-0.4, -0.2) is 59.7 Å². The van der Waals surface area contributed by atoms with Crippen LogP contribution in [0.5, 0.6) is 0 Å². The third-order valence-electron chi connectivity index (χ3n) is 3.12. The summed E-state index contributed by atoms with van der Waals surface area (Å²) < 4.78 is 0. The zero-order valence-corrected chi connectivity index (χ0v) is 13.0. The van der Waals surface area contributed by atoms with E-state index in [1.54, 1.807) is 6.07 Å². The molecule has 1 saturated heterocycles. The molecule has 0 radical (unpaired) electrons. The molecule has 0 atom stereocenters. The maximum Gasteiger partial charge on any atom is 0.264 e. The predicted molar refractivity (Wildman–Crippen MR) is 80.1 cm³/mol. The summed E-state index contributed by atoms with van der Waals surface area (Å²) in [5.41, 5.74) is 0. The monoisotopic (exact) mass is 309 g/mol. The highest BCUT2D eigenvalue weighted by Crippen LogP contribution is 2.14. The van der Waals surface area contributed by atoms with Gasteiger partial charge in [0.1, 0.15) is 6.54 Å². The van der Waals surface area contributed by atoms with Crippen LogP contribution in [0, 0.1) is 0 Å². The number of piperazine rings is 1. The number of nitrogens with one attached hydrogen (secondary N) is 1. The number of thiophene rings is 1. The molecule has 1 aromatic rings. The fourth-order valence-electron chi connectivity index (χ4n) is 2.15. The van der Waals surface area contributed by atoms with Gasteiger partial charge in [-0.05, 0) is 25.3 Å². The normalized spacial score (nSPS) is 15.5.